The van der Waals surface area contributed by atoms with Gasteiger partial charge in [0, 0.05) is 19.8 Å². The molecule has 0 spiro atoms. The zero-order valence-corrected chi connectivity index (χ0v) is 10.8. The van der Waals surface area contributed by atoms with Crippen molar-refractivity contribution in [1.29, 1.82) is 0 Å². The minimum Gasteiger partial charge on any atom is -0.464 e. The Morgan fingerprint density at radius 2 is 1.89 bits per heavy atom. The maximum Gasteiger partial charge on any atom is 0.323 e. The van der Waals surface area contributed by atoms with E-state index in [1.807, 2.05) is 13.8 Å². The lowest BCUT2D eigenvalue weighted by molar-refractivity contribution is 0.147. The number of rotatable bonds is 9. The molecule has 0 aliphatic rings. The van der Waals surface area contributed by atoms with Gasteiger partial charge in [0.2, 0.25) is 11.9 Å². The lowest BCUT2D eigenvalue weighted by Crippen LogP contribution is -2.15. The Bertz CT molecular complexity index is 349. The van der Waals surface area contributed by atoms with Gasteiger partial charge >= 0.3 is 6.01 Å². The minimum atomic E-state index is 0.243. The highest BCUT2D eigenvalue weighted by atomic mass is 16.5. The first kappa shape index (κ1) is 14.4. The van der Waals surface area contributed by atoms with Gasteiger partial charge in [-0.2, -0.15) is 15.0 Å². The molecule has 0 aromatic carbocycles. The topological polar surface area (TPSA) is 107 Å². The van der Waals surface area contributed by atoms with E-state index in [1.165, 1.54) is 0 Å². The van der Waals surface area contributed by atoms with Crippen LogP contribution in [0.5, 0.6) is 6.01 Å². The second-order valence-corrected chi connectivity index (χ2v) is 3.32. The third-order valence-corrected chi connectivity index (χ3v) is 1.97. The molecule has 0 aliphatic heterocycles. The summed E-state index contributed by atoms with van der Waals surface area (Å²) in [5, 5.41) is 3.06. The van der Waals surface area contributed by atoms with Crippen molar-refractivity contribution >= 4 is 11.9 Å². The summed E-state index contributed by atoms with van der Waals surface area (Å²) in [6.45, 7) is 6.44. The van der Waals surface area contributed by atoms with Crippen LogP contribution in [0.4, 0.5) is 11.9 Å². The number of nitrogens with zero attached hydrogens (tertiary/aromatic N) is 3. The highest BCUT2D eigenvalue weighted by molar-refractivity contribution is 5.34. The highest BCUT2D eigenvalue weighted by Gasteiger charge is 2.05. The van der Waals surface area contributed by atoms with Gasteiger partial charge in [0.05, 0.1) is 6.61 Å². The monoisotopic (exact) mass is 256 g/mol. The third-order valence-electron chi connectivity index (χ3n) is 1.97. The van der Waals surface area contributed by atoms with Crippen LogP contribution >= 0.6 is 0 Å². The molecular weight excluding hydrogens is 236 g/mol. The van der Waals surface area contributed by atoms with Crippen LogP contribution in [0.25, 0.3) is 0 Å². The second-order valence-electron chi connectivity index (χ2n) is 3.32. The van der Waals surface area contributed by atoms with Gasteiger partial charge in [0.25, 0.3) is 0 Å². The summed E-state index contributed by atoms with van der Waals surface area (Å²) < 4.78 is 10.4. The molecule has 102 valence electrons. The first-order valence-corrected chi connectivity index (χ1v) is 5.97. The van der Waals surface area contributed by atoms with Crippen LogP contribution in [0.2, 0.25) is 0 Å². The Labute approximate surface area is 106 Å². The Kier molecular flexibility index (Phi) is 6.74. The number of ether oxygens (including phenoxy) is 2. The summed E-state index contributed by atoms with van der Waals surface area (Å²) in [7, 11) is 0. The molecule has 0 saturated heterocycles. The van der Waals surface area contributed by atoms with E-state index in [0.717, 1.165) is 13.0 Å². The quantitative estimate of drug-likeness (QED) is 0.331. The maximum absolute atomic E-state index is 5.27. The summed E-state index contributed by atoms with van der Waals surface area (Å²) in [4.78, 5) is 12.1. The van der Waals surface area contributed by atoms with Gasteiger partial charge in [-0.1, -0.05) is 0 Å². The van der Waals surface area contributed by atoms with Crippen molar-refractivity contribution in [1.82, 2.24) is 15.0 Å². The van der Waals surface area contributed by atoms with Crippen molar-refractivity contribution in [3.63, 3.8) is 0 Å². The van der Waals surface area contributed by atoms with E-state index < -0.39 is 0 Å². The summed E-state index contributed by atoms with van der Waals surface area (Å²) in [5.41, 5.74) is 2.37. The molecular formula is C10H20N6O2. The summed E-state index contributed by atoms with van der Waals surface area (Å²) >= 11 is 0. The molecule has 1 heterocycles. The van der Waals surface area contributed by atoms with E-state index in [4.69, 9.17) is 15.3 Å². The van der Waals surface area contributed by atoms with Crippen LogP contribution in [0.3, 0.4) is 0 Å². The second kappa shape index (κ2) is 8.43. The highest BCUT2D eigenvalue weighted by Crippen LogP contribution is 2.10. The fraction of sp³-hybridized carbons (Fsp3) is 0.700. The molecule has 0 bridgehead atoms. The van der Waals surface area contributed by atoms with Crippen LogP contribution in [0, 0.1) is 0 Å². The average molecular weight is 256 g/mol. The van der Waals surface area contributed by atoms with E-state index in [0.29, 0.717) is 25.7 Å². The van der Waals surface area contributed by atoms with Crippen molar-refractivity contribution in [2.24, 2.45) is 5.84 Å². The Morgan fingerprint density at radius 3 is 2.56 bits per heavy atom. The molecule has 1 rings (SSSR count). The molecule has 0 saturated carbocycles. The van der Waals surface area contributed by atoms with Gasteiger partial charge in [-0.15, -0.1) is 0 Å². The van der Waals surface area contributed by atoms with E-state index >= 15 is 0 Å². The summed E-state index contributed by atoms with van der Waals surface area (Å²) in [6, 6.07) is 0.243. The predicted molar refractivity (Wildman–Crippen MR) is 68.4 cm³/mol. The molecule has 0 atom stereocenters. The SMILES string of the molecule is CCOCCCNc1nc(NN)nc(OCC)n1. The van der Waals surface area contributed by atoms with Gasteiger partial charge in [-0.3, -0.25) is 5.43 Å². The molecule has 18 heavy (non-hydrogen) atoms. The van der Waals surface area contributed by atoms with Crippen molar-refractivity contribution in [3.05, 3.63) is 0 Å². The fourth-order valence-corrected chi connectivity index (χ4v) is 1.21. The van der Waals surface area contributed by atoms with Crippen LogP contribution < -0.4 is 21.3 Å². The zero-order chi connectivity index (χ0) is 13.2. The number of anilines is 2. The minimum absolute atomic E-state index is 0.243. The van der Waals surface area contributed by atoms with Gasteiger partial charge < -0.3 is 14.8 Å². The van der Waals surface area contributed by atoms with Crippen LogP contribution in [0.15, 0.2) is 0 Å². The number of aromatic nitrogens is 3. The lowest BCUT2D eigenvalue weighted by Gasteiger charge is -2.08. The molecule has 0 radical (unpaired) electrons. The van der Waals surface area contributed by atoms with Crippen LogP contribution in [-0.2, 0) is 4.74 Å². The predicted octanol–water partition coefficient (Wildman–Crippen LogP) is 0.394. The molecule has 4 N–H and O–H groups in total. The molecule has 1 aromatic rings. The van der Waals surface area contributed by atoms with E-state index in [-0.39, 0.29) is 12.0 Å². The van der Waals surface area contributed by atoms with Gasteiger partial charge in [-0.05, 0) is 20.3 Å². The van der Waals surface area contributed by atoms with Gasteiger partial charge in [-0.25, -0.2) is 5.84 Å². The number of hydrazine groups is 1. The number of hydrogen-bond donors (Lipinski definition) is 3. The van der Waals surface area contributed by atoms with Gasteiger partial charge in [0.15, 0.2) is 0 Å². The number of hydrogen-bond acceptors (Lipinski definition) is 8. The Balaban J connectivity index is 2.50. The molecule has 8 heteroatoms. The molecule has 0 fully saturated rings. The van der Waals surface area contributed by atoms with Crippen molar-refractivity contribution in [2.75, 3.05) is 37.1 Å². The van der Waals surface area contributed by atoms with E-state index in [2.05, 4.69) is 25.7 Å². The Hall–Kier alpha value is -1.67. The molecule has 0 amide bonds. The first-order valence-electron chi connectivity index (χ1n) is 5.97. The van der Waals surface area contributed by atoms with Crippen molar-refractivity contribution < 1.29 is 9.47 Å². The van der Waals surface area contributed by atoms with Gasteiger partial charge in [0.1, 0.15) is 0 Å². The third kappa shape index (κ3) is 5.11. The largest absolute Gasteiger partial charge is 0.464 e. The normalized spacial score (nSPS) is 10.2. The zero-order valence-electron chi connectivity index (χ0n) is 10.8. The van der Waals surface area contributed by atoms with E-state index in [9.17, 15) is 0 Å². The number of nitrogen functional groups attached to an aromatic ring is 1. The average Bonchev–Trinajstić information content (AvgIpc) is 2.38. The molecule has 1 aromatic heterocycles. The number of nitrogens with two attached hydrogens (primary N) is 1. The standard InChI is InChI=1S/C10H20N6O2/c1-3-17-7-5-6-12-8-13-9(16-11)15-10(14-8)18-4-2/h3-7,11H2,1-2H3,(H2,12,13,14,15,16). The smallest absolute Gasteiger partial charge is 0.323 e. The van der Waals surface area contributed by atoms with Crippen LogP contribution in [-0.4, -0.2) is 41.3 Å². The fourth-order valence-electron chi connectivity index (χ4n) is 1.21. The first-order chi connectivity index (χ1) is 8.80. The van der Waals surface area contributed by atoms with E-state index in [1.54, 1.807) is 0 Å². The summed E-state index contributed by atoms with van der Waals surface area (Å²) in [5.74, 6) is 5.97. The van der Waals surface area contributed by atoms with Crippen LogP contribution in [0.1, 0.15) is 20.3 Å². The molecule has 0 unspecified atom stereocenters. The van der Waals surface area contributed by atoms with Crippen molar-refractivity contribution in [3.8, 4) is 6.01 Å². The molecule has 8 nitrogen and oxygen atoms in total. The lowest BCUT2D eigenvalue weighted by atomic mass is 10.4. The Morgan fingerprint density at radius 1 is 1.11 bits per heavy atom. The number of nitrogens with one attached hydrogen (secondary N) is 2. The summed E-state index contributed by atoms with van der Waals surface area (Å²) in [6.07, 6.45) is 0.870. The maximum atomic E-state index is 5.27. The molecule has 0 aliphatic carbocycles. The van der Waals surface area contributed by atoms with Crippen molar-refractivity contribution in [2.45, 2.75) is 20.3 Å².